The SMILES string of the molecule is O=C(NCCC(F)(F)CC(F)(F)CNC(=O)OC(C(F)(F)F)C(F)(F)F)OC(C(F)(F)F)C(F)(F)F. The van der Waals surface area contributed by atoms with E-state index in [0.29, 0.717) is 5.32 Å². The van der Waals surface area contributed by atoms with E-state index in [1.54, 1.807) is 0 Å². The fourth-order valence-corrected chi connectivity index (χ4v) is 2.01. The minimum absolute atomic E-state index is 0.697. The van der Waals surface area contributed by atoms with Crippen molar-refractivity contribution in [1.29, 1.82) is 0 Å². The van der Waals surface area contributed by atoms with E-state index in [4.69, 9.17) is 0 Å². The summed E-state index contributed by atoms with van der Waals surface area (Å²) in [4.78, 5) is 21.9. The summed E-state index contributed by atoms with van der Waals surface area (Å²) in [5.74, 6) is -9.33. The summed E-state index contributed by atoms with van der Waals surface area (Å²) in [7, 11) is 0. The van der Waals surface area contributed by atoms with E-state index in [0.717, 1.165) is 5.32 Å². The van der Waals surface area contributed by atoms with Crippen molar-refractivity contribution >= 4 is 12.2 Å². The van der Waals surface area contributed by atoms with Crippen LogP contribution in [-0.4, -0.2) is 74.0 Å². The molecule has 0 heterocycles. The Morgan fingerprint density at radius 2 is 0.889 bits per heavy atom. The molecule has 2 N–H and O–H groups in total. The molecule has 0 fully saturated rings. The van der Waals surface area contributed by atoms with Gasteiger partial charge in [-0.05, 0) is 0 Å². The van der Waals surface area contributed by atoms with Crippen LogP contribution in [0.4, 0.5) is 79.8 Å². The summed E-state index contributed by atoms with van der Waals surface area (Å²) in [5, 5.41) is 1.71. The Morgan fingerprint density at radius 3 is 1.22 bits per heavy atom. The average molecular weight is 576 g/mol. The number of rotatable bonds is 9. The highest BCUT2D eigenvalue weighted by molar-refractivity contribution is 5.68. The number of hydrogen-bond donors (Lipinski definition) is 2. The zero-order chi connectivity index (χ0) is 29.0. The van der Waals surface area contributed by atoms with Gasteiger partial charge in [-0.25, -0.2) is 27.2 Å². The van der Waals surface area contributed by atoms with E-state index >= 15 is 0 Å². The number of ether oxygens (including phenoxy) is 2. The zero-order valence-electron chi connectivity index (χ0n) is 16.7. The van der Waals surface area contributed by atoms with E-state index < -0.39 is 86.9 Å². The number of halogens is 16. The van der Waals surface area contributed by atoms with Gasteiger partial charge in [-0.3, -0.25) is 0 Å². The molecule has 0 aromatic carbocycles. The number of carbonyl (C=O) groups excluding carboxylic acids is 2. The van der Waals surface area contributed by atoms with Crippen molar-refractivity contribution in [2.75, 3.05) is 13.1 Å². The smallest absolute Gasteiger partial charge is 0.427 e. The molecule has 2 amide bonds. The highest BCUT2D eigenvalue weighted by Gasteiger charge is 2.61. The van der Waals surface area contributed by atoms with Gasteiger partial charge < -0.3 is 20.1 Å². The average Bonchev–Trinajstić information content (AvgIpc) is 2.57. The van der Waals surface area contributed by atoms with Crippen LogP contribution in [0.5, 0.6) is 0 Å². The monoisotopic (exact) mass is 576 g/mol. The first-order valence-corrected chi connectivity index (χ1v) is 8.59. The van der Waals surface area contributed by atoms with Crippen LogP contribution in [0.25, 0.3) is 0 Å². The minimum atomic E-state index is -6.21. The molecule has 0 saturated heterocycles. The first-order valence-electron chi connectivity index (χ1n) is 8.59. The largest absolute Gasteiger partial charge is 0.434 e. The predicted octanol–water partition coefficient (Wildman–Crippen LogP) is 5.48. The Morgan fingerprint density at radius 1 is 0.556 bits per heavy atom. The molecular weight excluding hydrogens is 564 g/mol. The van der Waals surface area contributed by atoms with Crippen LogP contribution in [0.3, 0.4) is 0 Å². The van der Waals surface area contributed by atoms with Crippen molar-refractivity contribution < 1.29 is 89.3 Å². The summed E-state index contributed by atoms with van der Waals surface area (Å²) >= 11 is 0. The van der Waals surface area contributed by atoms with Crippen molar-refractivity contribution in [3.05, 3.63) is 0 Å². The molecular formula is C14H12F16N2O4. The second-order valence-corrected chi connectivity index (χ2v) is 6.66. The molecule has 6 nitrogen and oxygen atoms in total. The molecule has 0 aliphatic heterocycles. The Bertz CT molecular complexity index is 715. The second-order valence-electron chi connectivity index (χ2n) is 6.66. The van der Waals surface area contributed by atoms with Crippen LogP contribution < -0.4 is 10.6 Å². The number of alkyl halides is 16. The quantitative estimate of drug-likeness (QED) is 0.357. The molecule has 0 saturated carbocycles. The molecule has 36 heavy (non-hydrogen) atoms. The van der Waals surface area contributed by atoms with Crippen LogP contribution in [0.2, 0.25) is 0 Å². The van der Waals surface area contributed by atoms with Crippen LogP contribution in [0, 0.1) is 0 Å². The van der Waals surface area contributed by atoms with E-state index in [-0.39, 0.29) is 0 Å². The third kappa shape index (κ3) is 12.4. The second kappa shape index (κ2) is 11.2. The normalized spacial score (nSPS) is 14.2. The predicted molar refractivity (Wildman–Crippen MR) is 79.9 cm³/mol. The lowest BCUT2D eigenvalue weighted by atomic mass is 10.1. The maximum Gasteiger partial charge on any atom is 0.434 e. The Kier molecular flexibility index (Phi) is 10.4. The molecule has 0 aliphatic rings. The number of nitrogens with one attached hydrogen (secondary N) is 2. The Labute approximate surface area is 188 Å². The van der Waals surface area contributed by atoms with Gasteiger partial charge in [0.15, 0.2) is 0 Å². The molecule has 0 unspecified atom stereocenters. The van der Waals surface area contributed by atoms with Gasteiger partial charge in [-0.15, -0.1) is 0 Å². The molecule has 0 aromatic heterocycles. The summed E-state index contributed by atoms with van der Waals surface area (Å²) in [5.41, 5.74) is 0. The molecule has 0 radical (unpaired) electrons. The Balaban J connectivity index is 4.84. The molecule has 0 aromatic rings. The van der Waals surface area contributed by atoms with Crippen molar-refractivity contribution in [3.63, 3.8) is 0 Å². The molecule has 0 spiro atoms. The fraction of sp³-hybridized carbons (Fsp3) is 0.857. The zero-order valence-corrected chi connectivity index (χ0v) is 16.7. The number of alkyl carbamates (subject to hydrolysis) is 2. The van der Waals surface area contributed by atoms with Crippen LogP contribution in [0.1, 0.15) is 12.8 Å². The third-order valence-electron chi connectivity index (χ3n) is 3.41. The molecule has 0 rings (SSSR count). The highest BCUT2D eigenvalue weighted by Crippen LogP contribution is 2.37. The Hall–Kier alpha value is -2.58. The fourth-order valence-electron chi connectivity index (χ4n) is 2.01. The van der Waals surface area contributed by atoms with E-state index in [1.165, 1.54) is 0 Å². The van der Waals surface area contributed by atoms with Crippen molar-refractivity contribution in [1.82, 2.24) is 10.6 Å². The van der Waals surface area contributed by atoms with E-state index in [2.05, 4.69) is 9.47 Å². The standard InChI is InChI=1S/C14H12F16N2O4/c15-9(16,1-2-31-7(33)35-5(11(19,20)21)12(22,23)24)3-10(17,18)4-32-8(34)36-6(13(25,26)27)14(28,29)30/h5-6H,1-4H2,(H,31,33)(H,32,34). The third-order valence-corrected chi connectivity index (χ3v) is 3.41. The van der Waals surface area contributed by atoms with E-state index in [1.807, 2.05) is 0 Å². The van der Waals surface area contributed by atoms with Gasteiger partial charge in [-0.1, -0.05) is 0 Å². The highest BCUT2D eigenvalue weighted by atomic mass is 19.4. The molecule has 0 aliphatic carbocycles. The van der Waals surface area contributed by atoms with Gasteiger partial charge in [0.25, 0.3) is 24.1 Å². The molecule has 0 atom stereocenters. The number of amides is 2. The van der Waals surface area contributed by atoms with Crippen molar-refractivity contribution in [2.45, 2.75) is 61.6 Å². The maximum absolute atomic E-state index is 13.6. The number of hydrogen-bond acceptors (Lipinski definition) is 4. The lowest BCUT2D eigenvalue weighted by Crippen LogP contribution is -2.49. The van der Waals surface area contributed by atoms with Crippen molar-refractivity contribution in [3.8, 4) is 0 Å². The summed E-state index contributed by atoms with van der Waals surface area (Å²) in [6.45, 7) is -3.81. The molecule has 214 valence electrons. The molecule has 22 heteroatoms. The lowest BCUT2D eigenvalue weighted by molar-refractivity contribution is -0.307. The maximum atomic E-state index is 13.6. The first kappa shape index (κ1) is 33.4. The van der Waals surface area contributed by atoms with Crippen LogP contribution in [0.15, 0.2) is 0 Å². The minimum Gasteiger partial charge on any atom is -0.427 e. The number of carbonyl (C=O) groups is 2. The van der Waals surface area contributed by atoms with Gasteiger partial charge in [0.2, 0.25) is 0 Å². The summed E-state index contributed by atoms with van der Waals surface area (Å²) < 4.78 is 207. The van der Waals surface area contributed by atoms with Gasteiger partial charge >= 0.3 is 36.9 Å². The van der Waals surface area contributed by atoms with E-state index in [9.17, 15) is 79.8 Å². The first-order chi connectivity index (χ1) is 15.7. The summed E-state index contributed by atoms with van der Waals surface area (Å²) in [6.07, 6.45) is -43.8. The van der Waals surface area contributed by atoms with Crippen LogP contribution in [-0.2, 0) is 9.47 Å². The lowest BCUT2D eigenvalue weighted by Gasteiger charge is -2.25. The van der Waals surface area contributed by atoms with Crippen LogP contribution >= 0.6 is 0 Å². The van der Waals surface area contributed by atoms with Gasteiger partial charge in [0, 0.05) is 13.0 Å². The summed E-state index contributed by atoms with van der Waals surface area (Å²) in [6, 6.07) is 0. The molecule has 0 bridgehead atoms. The van der Waals surface area contributed by atoms with Crippen molar-refractivity contribution in [2.24, 2.45) is 0 Å². The van der Waals surface area contributed by atoms with Gasteiger partial charge in [0.1, 0.15) is 0 Å². The van der Waals surface area contributed by atoms with Gasteiger partial charge in [0.05, 0.1) is 13.0 Å². The van der Waals surface area contributed by atoms with Gasteiger partial charge in [-0.2, -0.15) is 52.7 Å². The topological polar surface area (TPSA) is 76.7 Å².